The van der Waals surface area contributed by atoms with Gasteiger partial charge in [0.25, 0.3) is 0 Å². The van der Waals surface area contributed by atoms with E-state index in [0.29, 0.717) is 11.1 Å². The first-order valence-electron chi connectivity index (χ1n) is 18.3. The number of hydrogen-bond donors (Lipinski definition) is 0. The highest BCUT2D eigenvalue weighted by atomic mass is 15.0. The van der Waals surface area contributed by atoms with Crippen LogP contribution in [0.3, 0.4) is 0 Å². The molecule has 0 atom stereocenters. The minimum atomic E-state index is 0.627. The van der Waals surface area contributed by atoms with Gasteiger partial charge in [-0.1, -0.05) is 97.1 Å². The van der Waals surface area contributed by atoms with Crippen LogP contribution in [0.15, 0.2) is 176 Å². The second kappa shape index (κ2) is 11.8. The molecule has 55 heavy (non-hydrogen) atoms. The van der Waals surface area contributed by atoms with Crippen LogP contribution in [0, 0.1) is 22.7 Å². The van der Waals surface area contributed by atoms with Gasteiger partial charge in [0.1, 0.15) is 6.07 Å². The summed E-state index contributed by atoms with van der Waals surface area (Å²) in [6, 6.07) is 66.0. The highest BCUT2D eigenvalue weighted by molar-refractivity contribution is 6.16. The molecule has 0 N–H and O–H groups in total. The molecule has 0 aliphatic heterocycles. The fraction of sp³-hybridized carbons (Fsp3) is 0. The molecular formula is C50H29N5. The fourth-order valence-corrected chi connectivity index (χ4v) is 8.74. The van der Waals surface area contributed by atoms with E-state index in [4.69, 9.17) is 0 Å². The van der Waals surface area contributed by atoms with Gasteiger partial charge in [-0.2, -0.15) is 10.5 Å². The van der Waals surface area contributed by atoms with Crippen molar-refractivity contribution in [3.8, 4) is 40.3 Å². The number of aromatic nitrogens is 3. The minimum absolute atomic E-state index is 0.627. The number of rotatable bonds is 4. The van der Waals surface area contributed by atoms with Gasteiger partial charge in [-0.05, 0) is 90.0 Å². The van der Waals surface area contributed by atoms with E-state index in [-0.39, 0.29) is 0 Å². The molecule has 5 heteroatoms. The van der Waals surface area contributed by atoms with Gasteiger partial charge in [0, 0.05) is 38.0 Å². The largest absolute Gasteiger partial charge is 0.309 e. The third kappa shape index (κ3) is 4.45. The SMILES string of the molecule is N#Cc1ccc2c(c1)c1ccccc1n2-c1cccc2c1c1ccccc1n2-c1ccc(-c2ccc(C#N)c(-n3c4ccccc4c4ccccc43)c2)cc1. The van der Waals surface area contributed by atoms with Gasteiger partial charge in [0.15, 0.2) is 0 Å². The highest BCUT2D eigenvalue weighted by Crippen LogP contribution is 2.41. The maximum absolute atomic E-state index is 10.3. The maximum atomic E-state index is 10.3. The van der Waals surface area contributed by atoms with Crippen molar-refractivity contribution >= 4 is 65.4 Å². The topological polar surface area (TPSA) is 62.4 Å². The zero-order valence-corrected chi connectivity index (χ0v) is 29.5. The van der Waals surface area contributed by atoms with E-state index in [1.807, 2.05) is 24.3 Å². The van der Waals surface area contributed by atoms with E-state index in [2.05, 4.69) is 177 Å². The van der Waals surface area contributed by atoms with Gasteiger partial charge in [-0.25, -0.2) is 0 Å². The maximum Gasteiger partial charge on any atom is 0.101 e. The lowest BCUT2D eigenvalue weighted by atomic mass is 10.0. The molecule has 0 amide bonds. The number of benzene rings is 8. The molecule has 0 saturated heterocycles. The smallest absolute Gasteiger partial charge is 0.101 e. The number of hydrogen-bond acceptors (Lipinski definition) is 2. The average Bonchev–Trinajstić information content (AvgIpc) is 3.89. The standard InChI is InChI=1S/C50H29N5/c51-30-32-20-27-46-41(28-32)39-12-3-7-16-44(39)54(46)48-19-9-18-47-50(48)40-13-4-8-17-45(40)53(47)36-25-23-33(24-26-36)34-21-22-35(31-52)49(29-34)55-42-14-5-1-10-37(42)38-11-2-6-15-43(38)55/h1-29H. The van der Waals surface area contributed by atoms with Gasteiger partial charge in [0.05, 0.1) is 61.7 Å². The van der Waals surface area contributed by atoms with Gasteiger partial charge in [-0.3, -0.25) is 0 Å². The zero-order chi connectivity index (χ0) is 36.6. The minimum Gasteiger partial charge on any atom is -0.309 e. The number of para-hydroxylation sites is 4. The monoisotopic (exact) mass is 699 g/mol. The summed E-state index contributed by atoms with van der Waals surface area (Å²) in [5, 5.41) is 26.8. The fourth-order valence-electron chi connectivity index (χ4n) is 8.74. The quantitative estimate of drug-likeness (QED) is 0.184. The molecule has 0 saturated carbocycles. The number of nitriles is 2. The van der Waals surface area contributed by atoms with E-state index in [1.54, 1.807) is 0 Å². The summed E-state index contributed by atoms with van der Waals surface area (Å²) in [6.07, 6.45) is 0. The Morgan fingerprint density at radius 1 is 0.345 bits per heavy atom. The second-order valence-corrected chi connectivity index (χ2v) is 14.0. The molecule has 11 aromatic rings. The molecule has 254 valence electrons. The lowest BCUT2D eigenvalue weighted by Gasteiger charge is -2.13. The van der Waals surface area contributed by atoms with Gasteiger partial charge in [0.2, 0.25) is 0 Å². The zero-order valence-electron chi connectivity index (χ0n) is 29.5. The Bertz CT molecular complexity index is 3400. The van der Waals surface area contributed by atoms with Crippen molar-refractivity contribution in [2.45, 2.75) is 0 Å². The summed E-state index contributed by atoms with van der Waals surface area (Å²) in [6.45, 7) is 0. The Morgan fingerprint density at radius 2 is 0.873 bits per heavy atom. The number of fused-ring (bicyclic) bond motifs is 9. The molecule has 8 aromatic carbocycles. The molecule has 0 fully saturated rings. The van der Waals surface area contributed by atoms with Crippen LogP contribution in [0.5, 0.6) is 0 Å². The molecule has 0 aliphatic carbocycles. The number of nitrogens with zero attached hydrogens (tertiary/aromatic N) is 5. The van der Waals surface area contributed by atoms with Gasteiger partial charge >= 0.3 is 0 Å². The van der Waals surface area contributed by atoms with Crippen LogP contribution in [0.25, 0.3) is 93.6 Å². The first kappa shape index (κ1) is 30.7. The highest BCUT2D eigenvalue weighted by Gasteiger charge is 2.20. The van der Waals surface area contributed by atoms with Crippen molar-refractivity contribution in [2.75, 3.05) is 0 Å². The van der Waals surface area contributed by atoms with E-state index in [9.17, 15) is 10.5 Å². The van der Waals surface area contributed by atoms with Crippen LogP contribution in [0.1, 0.15) is 11.1 Å². The summed E-state index contributed by atoms with van der Waals surface area (Å²) in [7, 11) is 0. The van der Waals surface area contributed by atoms with Gasteiger partial charge in [-0.15, -0.1) is 0 Å². The summed E-state index contributed by atoms with van der Waals surface area (Å²) in [5.74, 6) is 0. The third-order valence-electron chi connectivity index (χ3n) is 11.1. The molecule has 0 bridgehead atoms. The lowest BCUT2D eigenvalue weighted by molar-refractivity contribution is 1.16. The first-order valence-corrected chi connectivity index (χ1v) is 18.3. The van der Waals surface area contributed by atoms with Gasteiger partial charge < -0.3 is 13.7 Å². The van der Waals surface area contributed by atoms with E-state index in [0.717, 1.165) is 88.2 Å². The average molecular weight is 700 g/mol. The van der Waals surface area contributed by atoms with Crippen molar-refractivity contribution < 1.29 is 0 Å². The molecule has 0 spiro atoms. The summed E-state index contributed by atoms with van der Waals surface area (Å²) >= 11 is 0. The van der Waals surface area contributed by atoms with Crippen LogP contribution in [0.4, 0.5) is 0 Å². The van der Waals surface area contributed by atoms with Crippen LogP contribution in [-0.4, -0.2) is 13.7 Å². The van der Waals surface area contributed by atoms with E-state index < -0.39 is 0 Å². The van der Waals surface area contributed by atoms with Crippen LogP contribution >= 0.6 is 0 Å². The van der Waals surface area contributed by atoms with Crippen molar-refractivity contribution in [3.05, 3.63) is 187 Å². The molecule has 3 aromatic heterocycles. The lowest BCUT2D eigenvalue weighted by Crippen LogP contribution is -1.98. The van der Waals surface area contributed by atoms with Crippen LogP contribution < -0.4 is 0 Å². The van der Waals surface area contributed by atoms with E-state index in [1.165, 1.54) is 5.39 Å². The van der Waals surface area contributed by atoms with Crippen molar-refractivity contribution in [1.82, 2.24) is 13.7 Å². The second-order valence-electron chi connectivity index (χ2n) is 14.0. The Morgan fingerprint density at radius 3 is 1.51 bits per heavy atom. The molecular weight excluding hydrogens is 671 g/mol. The predicted molar refractivity (Wildman–Crippen MR) is 224 cm³/mol. The summed E-state index contributed by atoms with van der Waals surface area (Å²) in [4.78, 5) is 0. The molecule has 11 rings (SSSR count). The van der Waals surface area contributed by atoms with Crippen LogP contribution in [0.2, 0.25) is 0 Å². The van der Waals surface area contributed by atoms with E-state index >= 15 is 0 Å². The predicted octanol–water partition coefficient (Wildman–Crippen LogP) is 12.4. The first-order chi connectivity index (χ1) is 27.2. The Kier molecular flexibility index (Phi) is 6.61. The normalized spacial score (nSPS) is 11.6. The Balaban J connectivity index is 1.08. The molecule has 3 heterocycles. The van der Waals surface area contributed by atoms with Crippen molar-refractivity contribution in [3.63, 3.8) is 0 Å². The van der Waals surface area contributed by atoms with Crippen molar-refractivity contribution in [1.29, 1.82) is 10.5 Å². The van der Waals surface area contributed by atoms with Crippen LogP contribution in [-0.2, 0) is 0 Å². The molecule has 5 nitrogen and oxygen atoms in total. The van der Waals surface area contributed by atoms with Crippen molar-refractivity contribution in [2.24, 2.45) is 0 Å². The summed E-state index contributed by atoms with van der Waals surface area (Å²) in [5.41, 5.74) is 13.0. The molecule has 0 radical (unpaired) electrons. The Hall–Kier alpha value is -7.86. The Labute approximate surface area is 316 Å². The third-order valence-corrected chi connectivity index (χ3v) is 11.1. The summed E-state index contributed by atoms with van der Waals surface area (Å²) < 4.78 is 6.91. The molecule has 0 aliphatic rings. The molecule has 0 unspecified atom stereocenters.